The predicted octanol–water partition coefficient (Wildman–Crippen LogP) is 3.26. The van der Waals surface area contributed by atoms with Crippen LogP contribution in [0.3, 0.4) is 0 Å². The van der Waals surface area contributed by atoms with E-state index in [0.717, 1.165) is 18.4 Å². The molecule has 4 aliphatic rings. The van der Waals surface area contributed by atoms with Crippen LogP contribution in [0.5, 0.6) is 0 Å². The van der Waals surface area contributed by atoms with Gasteiger partial charge in [-0.25, -0.2) is 0 Å². The number of rotatable bonds is 2. The lowest BCUT2D eigenvalue weighted by Crippen LogP contribution is -2.54. The molecule has 0 heterocycles. The number of aliphatic hydroxyl groups excluding tert-OH is 2. The highest BCUT2D eigenvalue weighted by molar-refractivity contribution is 6.01. The van der Waals surface area contributed by atoms with E-state index in [1.165, 1.54) is 19.3 Å². The van der Waals surface area contributed by atoms with Crippen molar-refractivity contribution in [2.24, 2.45) is 34.5 Å². The van der Waals surface area contributed by atoms with E-state index in [-0.39, 0.29) is 29.3 Å². The summed E-state index contributed by atoms with van der Waals surface area (Å²) < 4.78 is 0. The second-order valence-corrected chi connectivity index (χ2v) is 9.08. The molecule has 0 radical (unpaired) electrons. The maximum absolute atomic E-state index is 11.8. The van der Waals surface area contributed by atoms with Gasteiger partial charge in [0, 0.05) is 12.0 Å². The summed E-state index contributed by atoms with van der Waals surface area (Å²) in [7, 11) is 0. The first-order chi connectivity index (χ1) is 11.4. The van der Waals surface area contributed by atoms with Gasteiger partial charge in [-0.15, -0.1) is 0 Å². The summed E-state index contributed by atoms with van der Waals surface area (Å²) in [4.78, 5) is 11.8. The highest BCUT2D eigenvalue weighted by Gasteiger charge is 2.60. The number of aliphatic hydroxyl groups is 2. The second kappa shape index (κ2) is 5.54. The molecule has 132 valence electrons. The van der Waals surface area contributed by atoms with Crippen molar-refractivity contribution in [2.75, 3.05) is 6.61 Å². The van der Waals surface area contributed by atoms with Gasteiger partial charge in [0.25, 0.3) is 0 Å². The van der Waals surface area contributed by atoms with Crippen molar-refractivity contribution in [1.29, 1.82) is 0 Å². The summed E-state index contributed by atoms with van der Waals surface area (Å²) in [6, 6.07) is 0. The van der Waals surface area contributed by atoms with E-state index < -0.39 is 0 Å². The number of allylic oxidation sites excluding steroid dienone is 3. The van der Waals surface area contributed by atoms with Gasteiger partial charge in [0.1, 0.15) is 0 Å². The Balaban J connectivity index is 1.69. The topological polar surface area (TPSA) is 57.5 Å². The number of hydrogen-bond donors (Lipinski definition) is 2. The van der Waals surface area contributed by atoms with Crippen LogP contribution in [-0.2, 0) is 4.79 Å². The van der Waals surface area contributed by atoms with Crippen LogP contribution in [0.2, 0.25) is 0 Å². The maximum Gasteiger partial charge on any atom is 0.178 e. The number of carbonyl (C=O) groups is 1. The maximum atomic E-state index is 11.8. The number of hydrogen-bond acceptors (Lipinski definition) is 3. The van der Waals surface area contributed by atoms with Crippen molar-refractivity contribution < 1.29 is 15.0 Å². The van der Waals surface area contributed by atoms with E-state index in [9.17, 15) is 15.0 Å². The van der Waals surface area contributed by atoms with Crippen molar-refractivity contribution >= 4 is 5.78 Å². The molecule has 3 saturated carbocycles. The fourth-order valence-electron chi connectivity index (χ4n) is 6.91. The summed E-state index contributed by atoms with van der Waals surface area (Å²) in [6.07, 6.45) is 11.5. The highest BCUT2D eigenvalue weighted by Crippen LogP contribution is 2.66. The molecule has 0 aromatic carbocycles. The van der Waals surface area contributed by atoms with Crippen molar-refractivity contribution in [3.05, 3.63) is 23.8 Å². The molecule has 0 saturated heterocycles. The van der Waals surface area contributed by atoms with Crippen LogP contribution in [0.1, 0.15) is 52.4 Å². The fourth-order valence-corrected chi connectivity index (χ4v) is 6.91. The van der Waals surface area contributed by atoms with Gasteiger partial charge >= 0.3 is 0 Å². The molecule has 7 atom stereocenters. The summed E-state index contributed by atoms with van der Waals surface area (Å²) >= 11 is 0. The zero-order valence-electron chi connectivity index (χ0n) is 14.9. The molecular weight excluding hydrogens is 300 g/mol. The monoisotopic (exact) mass is 330 g/mol. The lowest BCUT2D eigenvalue weighted by Gasteiger charge is -2.58. The van der Waals surface area contributed by atoms with Crippen LogP contribution >= 0.6 is 0 Å². The van der Waals surface area contributed by atoms with E-state index in [2.05, 4.69) is 19.9 Å². The Kier molecular flexibility index (Phi) is 3.81. The van der Waals surface area contributed by atoms with Gasteiger partial charge in [0.2, 0.25) is 0 Å². The SMILES string of the molecule is C[C@]12CCC3C(C(O)CC4=CC(=O)C=C[C@@]43C)C1CCC2CCO. The molecule has 3 fully saturated rings. The quantitative estimate of drug-likeness (QED) is 0.817. The minimum atomic E-state index is -0.328. The van der Waals surface area contributed by atoms with Gasteiger partial charge in [0.15, 0.2) is 5.78 Å². The standard InChI is InChI=1S/C21H30O3/c1-20-9-6-17-19(16(20)4-3-13(20)7-10-22)18(24)12-14-11-15(23)5-8-21(14,17)2/h5,8,11,13,16-19,22,24H,3-4,6-7,9-10,12H2,1-2H3/t13?,16?,17?,18?,19?,20-,21+/m1/s1. The summed E-state index contributed by atoms with van der Waals surface area (Å²) in [6.45, 7) is 4.95. The molecule has 0 aromatic rings. The van der Waals surface area contributed by atoms with Crippen LogP contribution in [-0.4, -0.2) is 28.7 Å². The minimum absolute atomic E-state index is 0.0613. The molecule has 0 aliphatic heterocycles. The smallest absolute Gasteiger partial charge is 0.178 e. The second-order valence-electron chi connectivity index (χ2n) is 9.08. The molecule has 3 nitrogen and oxygen atoms in total. The Morgan fingerprint density at radius 1 is 1.21 bits per heavy atom. The zero-order valence-corrected chi connectivity index (χ0v) is 14.9. The summed E-state index contributed by atoms with van der Waals surface area (Å²) in [5.74, 6) is 1.97. The third-order valence-corrected chi connectivity index (χ3v) is 8.25. The Morgan fingerprint density at radius 3 is 2.75 bits per heavy atom. The third kappa shape index (κ3) is 2.13. The van der Waals surface area contributed by atoms with Gasteiger partial charge in [-0.1, -0.05) is 25.5 Å². The molecule has 5 unspecified atom stereocenters. The Hall–Kier alpha value is -0.930. The number of ketones is 1. The van der Waals surface area contributed by atoms with Crippen molar-refractivity contribution in [3.8, 4) is 0 Å². The Morgan fingerprint density at radius 2 is 2.00 bits per heavy atom. The molecule has 24 heavy (non-hydrogen) atoms. The van der Waals surface area contributed by atoms with Crippen LogP contribution in [0.25, 0.3) is 0 Å². The lowest BCUT2D eigenvalue weighted by molar-refractivity contribution is -0.112. The molecule has 4 aliphatic carbocycles. The van der Waals surface area contributed by atoms with Crippen LogP contribution in [0.15, 0.2) is 23.8 Å². The molecule has 2 N–H and O–H groups in total. The zero-order chi connectivity index (χ0) is 17.1. The minimum Gasteiger partial charge on any atom is -0.396 e. The first kappa shape index (κ1) is 16.5. The van der Waals surface area contributed by atoms with Crippen LogP contribution < -0.4 is 0 Å². The van der Waals surface area contributed by atoms with Gasteiger partial charge in [0.05, 0.1) is 6.10 Å². The van der Waals surface area contributed by atoms with Crippen molar-refractivity contribution in [1.82, 2.24) is 0 Å². The Labute approximate surface area is 144 Å². The average Bonchev–Trinajstić information content (AvgIpc) is 2.87. The summed E-state index contributed by atoms with van der Waals surface area (Å²) in [5.41, 5.74) is 1.34. The first-order valence-corrected chi connectivity index (χ1v) is 9.63. The highest BCUT2D eigenvalue weighted by atomic mass is 16.3. The Bertz CT molecular complexity index is 606. The predicted molar refractivity (Wildman–Crippen MR) is 93.2 cm³/mol. The van der Waals surface area contributed by atoms with Gasteiger partial charge < -0.3 is 10.2 Å². The van der Waals surface area contributed by atoms with Gasteiger partial charge in [-0.2, -0.15) is 0 Å². The first-order valence-electron chi connectivity index (χ1n) is 9.63. The van der Waals surface area contributed by atoms with Crippen LogP contribution in [0.4, 0.5) is 0 Å². The van der Waals surface area contributed by atoms with E-state index in [1.54, 1.807) is 12.2 Å². The van der Waals surface area contributed by atoms with Gasteiger partial charge in [-0.3, -0.25) is 4.79 Å². The summed E-state index contributed by atoms with van der Waals surface area (Å²) in [5, 5.41) is 20.4. The van der Waals surface area contributed by atoms with E-state index >= 15 is 0 Å². The van der Waals surface area contributed by atoms with Crippen molar-refractivity contribution in [2.45, 2.75) is 58.5 Å². The molecule has 0 amide bonds. The van der Waals surface area contributed by atoms with Crippen molar-refractivity contribution in [3.63, 3.8) is 0 Å². The molecule has 3 heteroatoms. The molecule has 0 aromatic heterocycles. The molecule has 4 rings (SSSR count). The average molecular weight is 330 g/mol. The fraction of sp³-hybridized carbons (Fsp3) is 0.762. The van der Waals surface area contributed by atoms with Crippen LogP contribution in [0, 0.1) is 34.5 Å². The van der Waals surface area contributed by atoms with E-state index in [1.807, 2.05) is 0 Å². The normalized spacial score (nSPS) is 50.1. The molecule has 0 bridgehead atoms. The molecular formula is C21H30O3. The largest absolute Gasteiger partial charge is 0.396 e. The van der Waals surface area contributed by atoms with E-state index in [4.69, 9.17) is 0 Å². The van der Waals surface area contributed by atoms with Gasteiger partial charge in [-0.05, 0) is 79.8 Å². The lowest BCUT2D eigenvalue weighted by atomic mass is 9.47. The van der Waals surface area contributed by atoms with E-state index in [0.29, 0.717) is 30.1 Å². The molecule has 0 spiro atoms. The third-order valence-electron chi connectivity index (χ3n) is 8.25. The number of carbonyl (C=O) groups excluding carboxylic acids is 1. The number of fused-ring (bicyclic) bond motifs is 5.